The molecule has 1 aromatic heterocycles. The topological polar surface area (TPSA) is 23.4 Å². The molecule has 2 heterocycles. The average Bonchev–Trinajstić information content (AvgIpc) is 3.54. The Bertz CT molecular complexity index is 2740. The Morgan fingerprint density at radius 3 is 1.55 bits per heavy atom. The predicted octanol–water partition coefficient (Wildman–Crippen LogP) is 13.3. The van der Waals surface area contributed by atoms with Crippen LogP contribution in [0.5, 0.6) is 23.0 Å². The van der Waals surface area contributed by atoms with E-state index < -0.39 is 0 Å². The molecule has 51 heavy (non-hydrogen) atoms. The monoisotopic (exact) mass is 653 g/mol. The number of hydrogen-bond donors (Lipinski definition) is 0. The van der Waals surface area contributed by atoms with E-state index in [-0.39, 0.29) is 0 Å². The number of rotatable bonds is 3. The third kappa shape index (κ3) is 4.90. The highest BCUT2D eigenvalue weighted by Crippen LogP contribution is 2.49. The minimum atomic E-state index is 0.762. The van der Waals surface area contributed by atoms with Crippen molar-refractivity contribution in [1.82, 2.24) is 4.57 Å². The average molecular weight is 654 g/mol. The molecule has 1 aliphatic rings. The zero-order chi connectivity index (χ0) is 33.7. The van der Waals surface area contributed by atoms with E-state index in [1.807, 2.05) is 36.4 Å². The van der Waals surface area contributed by atoms with E-state index in [2.05, 4.69) is 156 Å². The lowest BCUT2D eigenvalue weighted by Gasteiger charge is -2.22. The molecule has 0 spiro atoms. The van der Waals surface area contributed by atoms with E-state index in [0.717, 1.165) is 78.7 Å². The fourth-order valence-electron chi connectivity index (χ4n) is 7.54. The summed E-state index contributed by atoms with van der Waals surface area (Å²) < 4.78 is 16.3. The van der Waals surface area contributed by atoms with Crippen LogP contribution in [-0.2, 0) is 0 Å². The van der Waals surface area contributed by atoms with Crippen LogP contribution in [0.15, 0.2) is 188 Å². The summed E-state index contributed by atoms with van der Waals surface area (Å²) in [5, 5.41) is 2.42. The second kappa shape index (κ2) is 11.9. The zero-order valence-corrected chi connectivity index (χ0v) is 27.7. The van der Waals surface area contributed by atoms with Crippen LogP contribution in [0.25, 0.3) is 72.0 Å². The highest BCUT2D eigenvalue weighted by Gasteiger charge is 2.22. The van der Waals surface area contributed by atoms with Gasteiger partial charge in [-0.05, 0) is 82.9 Å². The summed E-state index contributed by atoms with van der Waals surface area (Å²) in [7, 11) is 0. The lowest BCUT2D eigenvalue weighted by Crippen LogP contribution is -1.98. The van der Waals surface area contributed by atoms with Gasteiger partial charge in [0.1, 0.15) is 23.0 Å². The number of ether oxygens (including phenoxy) is 2. The molecule has 10 rings (SSSR count). The first-order valence-electron chi connectivity index (χ1n) is 17.3. The summed E-state index contributed by atoms with van der Waals surface area (Å²) in [6, 6.07) is 65.8. The molecule has 9 aromatic rings. The molecule has 240 valence electrons. The van der Waals surface area contributed by atoms with Gasteiger partial charge in [-0.25, -0.2) is 0 Å². The van der Waals surface area contributed by atoms with Crippen LogP contribution in [0.3, 0.4) is 0 Å². The van der Waals surface area contributed by atoms with Crippen molar-refractivity contribution in [3.8, 4) is 73.2 Å². The quantitative estimate of drug-likeness (QED) is 0.189. The number of nitrogens with zero attached hydrogens (tertiary/aromatic N) is 1. The summed E-state index contributed by atoms with van der Waals surface area (Å²) in [6.07, 6.45) is 0. The van der Waals surface area contributed by atoms with Crippen LogP contribution in [0.1, 0.15) is 0 Å². The maximum Gasteiger partial charge on any atom is 0.136 e. The highest BCUT2D eigenvalue weighted by molar-refractivity contribution is 6.15. The largest absolute Gasteiger partial charge is 0.456 e. The predicted molar refractivity (Wildman–Crippen MR) is 209 cm³/mol. The number of benzene rings is 8. The molecule has 0 saturated carbocycles. The zero-order valence-electron chi connectivity index (χ0n) is 27.7. The normalized spacial score (nSPS) is 11.8. The molecule has 0 radical (unpaired) electrons. The van der Waals surface area contributed by atoms with Crippen molar-refractivity contribution in [2.24, 2.45) is 0 Å². The fourth-order valence-corrected chi connectivity index (χ4v) is 7.54. The first-order chi connectivity index (χ1) is 25.3. The lowest BCUT2D eigenvalue weighted by atomic mass is 9.95. The number of fused-ring (bicyclic) bond motifs is 9. The van der Waals surface area contributed by atoms with Crippen molar-refractivity contribution >= 4 is 21.8 Å². The van der Waals surface area contributed by atoms with Crippen molar-refractivity contribution in [2.75, 3.05) is 0 Å². The molecule has 3 nitrogen and oxygen atoms in total. The second-order valence-electron chi connectivity index (χ2n) is 12.9. The van der Waals surface area contributed by atoms with Gasteiger partial charge in [-0.2, -0.15) is 0 Å². The van der Waals surface area contributed by atoms with Crippen LogP contribution in [0.4, 0.5) is 0 Å². The van der Waals surface area contributed by atoms with Gasteiger partial charge in [0.15, 0.2) is 0 Å². The van der Waals surface area contributed by atoms with Gasteiger partial charge in [-0.15, -0.1) is 0 Å². The van der Waals surface area contributed by atoms with Gasteiger partial charge in [-0.3, -0.25) is 0 Å². The number of aromatic nitrogens is 1. The Balaban J connectivity index is 1.22. The Hall–Kier alpha value is -6.84. The van der Waals surface area contributed by atoms with E-state index in [0.29, 0.717) is 0 Å². The molecule has 0 bridgehead atoms. The van der Waals surface area contributed by atoms with Gasteiger partial charge in [0, 0.05) is 38.7 Å². The van der Waals surface area contributed by atoms with Crippen LogP contribution >= 0.6 is 0 Å². The Labute approximate surface area is 296 Å². The second-order valence-corrected chi connectivity index (χ2v) is 12.9. The smallest absolute Gasteiger partial charge is 0.136 e. The van der Waals surface area contributed by atoms with Gasteiger partial charge in [0.05, 0.1) is 11.0 Å². The van der Waals surface area contributed by atoms with Crippen LogP contribution in [0.2, 0.25) is 0 Å². The molecule has 1 aliphatic heterocycles. The van der Waals surface area contributed by atoms with Crippen molar-refractivity contribution in [3.63, 3.8) is 0 Å². The molecule has 0 atom stereocenters. The SMILES string of the molecule is c1ccc(-c2ccc3c(c2)Oc2cc(-c4cccc5c4c4ccccc4n5-c4ccccc4)ccc2-c2ccccc2Oc2ccccc2-3)cc1. The summed E-state index contributed by atoms with van der Waals surface area (Å²) in [4.78, 5) is 0. The van der Waals surface area contributed by atoms with Crippen molar-refractivity contribution in [3.05, 3.63) is 188 Å². The maximum atomic E-state index is 7.17. The van der Waals surface area contributed by atoms with Gasteiger partial charge >= 0.3 is 0 Å². The molecule has 0 saturated heterocycles. The molecule has 0 N–H and O–H groups in total. The fraction of sp³-hybridized carbons (Fsp3) is 0. The molecule has 0 aliphatic carbocycles. The molecule has 3 heteroatoms. The van der Waals surface area contributed by atoms with E-state index in [9.17, 15) is 0 Å². The first-order valence-corrected chi connectivity index (χ1v) is 17.3. The minimum Gasteiger partial charge on any atom is -0.456 e. The third-order valence-electron chi connectivity index (χ3n) is 9.89. The Morgan fingerprint density at radius 2 is 0.824 bits per heavy atom. The van der Waals surface area contributed by atoms with Gasteiger partial charge in [-0.1, -0.05) is 127 Å². The standard InChI is InChI=1S/C48H31NO2/c1-3-14-32(15-4-1)33-26-28-39-37-18-8-11-24-44(37)50-45-25-12-9-19-38(45)40-29-27-34(31-47(40)51-46(39)30-33)36-21-13-23-43-48(36)41-20-7-10-22-42(41)49(43)35-16-5-2-6-17-35/h1-31H. The summed E-state index contributed by atoms with van der Waals surface area (Å²) >= 11 is 0. The van der Waals surface area contributed by atoms with Crippen molar-refractivity contribution < 1.29 is 9.47 Å². The molecule has 0 fully saturated rings. The van der Waals surface area contributed by atoms with Crippen molar-refractivity contribution in [1.29, 1.82) is 0 Å². The van der Waals surface area contributed by atoms with Crippen molar-refractivity contribution in [2.45, 2.75) is 0 Å². The van der Waals surface area contributed by atoms with Gasteiger partial charge < -0.3 is 14.0 Å². The Kier molecular flexibility index (Phi) is 6.81. The lowest BCUT2D eigenvalue weighted by molar-refractivity contribution is 0.472. The molecular formula is C48H31NO2. The van der Waals surface area contributed by atoms with E-state index in [4.69, 9.17) is 9.47 Å². The number of para-hydroxylation sites is 4. The van der Waals surface area contributed by atoms with Gasteiger partial charge in [0.25, 0.3) is 0 Å². The first kappa shape index (κ1) is 29.1. The van der Waals surface area contributed by atoms with Crippen LogP contribution < -0.4 is 9.47 Å². The number of hydrogen-bond acceptors (Lipinski definition) is 2. The third-order valence-corrected chi connectivity index (χ3v) is 9.89. The molecule has 0 amide bonds. The molecule has 8 aromatic carbocycles. The Morgan fingerprint density at radius 1 is 0.314 bits per heavy atom. The summed E-state index contributed by atoms with van der Waals surface area (Å²) in [6.45, 7) is 0. The van der Waals surface area contributed by atoms with E-state index >= 15 is 0 Å². The summed E-state index contributed by atoms with van der Waals surface area (Å²) in [5.41, 5.74) is 11.8. The maximum absolute atomic E-state index is 7.17. The van der Waals surface area contributed by atoms with Gasteiger partial charge in [0.2, 0.25) is 0 Å². The minimum absolute atomic E-state index is 0.762. The van der Waals surface area contributed by atoms with E-state index in [1.165, 1.54) is 16.3 Å². The van der Waals surface area contributed by atoms with E-state index in [1.54, 1.807) is 0 Å². The molecular weight excluding hydrogens is 623 g/mol. The van der Waals surface area contributed by atoms with Crippen LogP contribution in [0, 0.1) is 0 Å². The highest BCUT2D eigenvalue weighted by atomic mass is 16.5. The molecule has 0 unspecified atom stereocenters. The summed E-state index contributed by atoms with van der Waals surface area (Å²) in [5.74, 6) is 3.09. The van der Waals surface area contributed by atoms with Crippen LogP contribution in [-0.4, -0.2) is 4.57 Å².